The Morgan fingerprint density at radius 3 is 0.904 bits per heavy atom. The lowest BCUT2D eigenvalue weighted by Gasteiger charge is -2.34. The summed E-state index contributed by atoms with van der Waals surface area (Å²) in [6.45, 7) is 14.7. The number of furan rings is 4. The third-order valence-corrected chi connectivity index (χ3v) is 27.8. The SMILES string of the molecule is CCCCCCCCC1(CCCCCCCC)c2cc3c(cc2-c2cc4c(cc21)-c1c(cc(-c2ccc5oc6cc(-c7ccc8c(c7)oc7cc9ccccc9cc78)ccc6c5c2)c2ccccc12)C4(C)C)C(C)(C)c1cc(-c2ccc4oc5cc(-c6ccc7c(c6)oc6cc8ccccc8cc67)ccc5c4c2)c2ccccc2c1-3. The van der Waals surface area contributed by atoms with E-state index in [4.69, 9.17) is 17.7 Å². The molecule has 0 spiro atoms. The highest BCUT2D eigenvalue weighted by Crippen LogP contribution is 2.64. The van der Waals surface area contributed by atoms with Crippen LogP contribution >= 0.6 is 0 Å². The van der Waals surface area contributed by atoms with Crippen molar-refractivity contribution in [1.29, 1.82) is 0 Å². The van der Waals surface area contributed by atoms with Crippen molar-refractivity contribution >= 4 is 131 Å². The van der Waals surface area contributed by atoms with Crippen LogP contribution in [0.2, 0.25) is 0 Å². The summed E-state index contributed by atoms with van der Waals surface area (Å²) in [7, 11) is 0. The molecule has 0 saturated heterocycles. The minimum absolute atomic E-state index is 0.168. The molecule has 0 amide bonds. The average molecular weight is 1490 g/mol. The Bertz CT molecular complexity index is 7070. The van der Waals surface area contributed by atoms with Crippen molar-refractivity contribution in [2.45, 2.75) is 148 Å². The van der Waals surface area contributed by atoms with Gasteiger partial charge in [-0.15, -0.1) is 0 Å². The van der Waals surface area contributed by atoms with Crippen LogP contribution < -0.4 is 0 Å². The van der Waals surface area contributed by atoms with Crippen molar-refractivity contribution in [2.24, 2.45) is 0 Å². The number of hydrogen-bond donors (Lipinski definition) is 0. The predicted molar refractivity (Wildman–Crippen MR) is 485 cm³/mol. The number of unbranched alkanes of at least 4 members (excludes halogenated alkanes) is 10. The van der Waals surface area contributed by atoms with Crippen molar-refractivity contribution in [3.05, 3.63) is 300 Å². The molecule has 4 heterocycles. The Hall–Kier alpha value is -12.2. The van der Waals surface area contributed by atoms with Crippen LogP contribution in [0.25, 0.3) is 209 Å². The Morgan fingerprint density at radius 1 is 0.209 bits per heavy atom. The van der Waals surface area contributed by atoms with Gasteiger partial charge in [-0.25, -0.2) is 0 Å². The third-order valence-electron chi connectivity index (χ3n) is 27.8. The molecule has 4 aromatic heterocycles. The lowest BCUT2D eigenvalue weighted by Crippen LogP contribution is -2.26. The van der Waals surface area contributed by atoms with Crippen LogP contribution in [0.5, 0.6) is 0 Å². The van der Waals surface area contributed by atoms with Gasteiger partial charge in [0.05, 0.1) is 0 Å². The zero-order valence-corrected chi connectivity index (χ0v) is 66.4. The largest absolute Gasteiger partial charge is 0.456 e. The molecule has 0 radical (unpaired) electrons. The van der Waals surface area contributed by atoms with Gasteiger partial charge in [-0.05, 0) is 301 Å². The van der Waals surface area contributed by atoms with Crippen LogP contribution in [-0.4, -0.2) is 0 Å². The second-order valence-electron chi connectivity index (χ2n) is 35.1. The Kier molecular flexibility index (Phi) is 15.4. The van der Waals surface area contributed by atoms with E-state index in [0.29, 0.717) is 0 Å². The first kappa shape index (κ1) is 68.4. The van der Waals surface area contributed by atoms with Crippen LogP contribution in [0, 0.1) is 0 Å². The van der Waals surface area contributed by atoms with Gasteiger partial charge in [-0.3, -0.25) is 0 Å². The van der Waals surface area contributed by atoms with Crippen molar-refractivity contribution < 1.29 is 17.7 Å². The lowest BCUT2D eigenvalue weighted by molar-refractivity contribution is 0.398. The summed E-state index contributed by atoms with van der Waals surface area (Å²) in [6, 6.07) is 101. The smallest absolute Gasteiger partial charge is 0.136 e. The molecule has 4 nitrogen and oxygen atoms in total. The van der Waals surface area contributed by atoms with Crippen molar-refractivity contribution in [2.75, 3.05) is 0 Å². The highest BCUT2D eigenvalue weighted by atomic mass is 16.3. The van der Waals surface area contributed by atoms with Crippen LogP contribution in [0.15, 0.2) is 285 Å². The van der Waals surface area contributed by atoms with E-state index < -0.39 is 0 Å². The van der Waals surface area contributed by atoms with Gasteiger partial charge >= 0.3 is 0 Å². The first-order chi connectivity index (χ1) is 56.3. The van der Waals surface area contributed by atoms with Crippen LogP contribution in [0.1, 0.15) is 165 Å². The maximum atomic E-state index is 6.81. The van der Waals surface area contributed by atoms with E-state index in [1.165, 1.54) is 198 Å². The molecule has 16 aromatic carbocycles. The van der Waals surface area contributed by atoms with Crippen LogP contribution in [0.3, 0.4) is 0 Å². The fourth-order valence-corrected chi connectivity index (χ4v) is 21.7. The van der Waals surface area contributed by atoms with Gasteiger partial charge in [0.2, 0.25) is 0 Å². The number of hydrogen-bond acceptors (Lipinski definition) is 4. The van der Waals surface area contributed by atoms with Gasteiger partial charge in [-0.1, -0.05) is 252 Å². The van der Waals surface area contributed by atoms with Crippen molar-refractivity contribution in [3.63, 3.8) is 0 Å². The average Bonchev–Trinajstić information content (AvgIpc) is 1.51. The summed E-state index contributed by atoms with van der Waals surface area (Å²) in [5.74, 6) is 0. The van der Waals surface area contributed by atoms with Crippen molar-refractivity contribution in [1.82, 2.24) is 0 Å². The van der Waals surface area contributed by atoms with E-state index in [9.17, 15) is 0 Å². The minimum atomic E-state index is -0.301. The second kappa shape index (κ2) is 25.9. The molecule has 0 saturated carbocycles. The molecule has 23 rings (SSSR count). The van der Waals surface area contributed by atoms with Gasteiger partial charge < -0.3 is 17.7 Å². The van der Waals surface area contributed by atoms with E-state index in [0.717, 1.165) is 123 Å². The summed E-state index contributed by atoms with van der Waals surface area (Å²) in [5.41, 5.74) is 33.0. The third kappa shape index (κ3) is 10.4. The molecule has 0 fully saturated rings. The van der Waals surface area contributed by atoms with Gasteiger partial charge in [-0.2, -0.15) is 0 Å². The van der Waals surface area contributed by atoms with E-state index in [1.54, 1.807) is 11.1 Å². The summed E-state index contributed by atoms with van der Waals surface area (Å²) < 4.78 is 26.7. The Morgan fingerprint density at radius 2 is 0.513 bits per heavy atom. The van der Waals surface area contributed by atoms with E-state index in [-0.39, 0.29) is 16.2 Å². The van der Waals surface area contributed by atoms with E-state index in [1.807, 2.05) is 0 Å². The molecule has 3 aliphatic carbocycles. The fraction of sp³-hybridized carbons (Fsp3) is 0.207. The Labute approximate surface area is 670 Å². The van der Waals surface area contributed by atoms with E-state index >= 15 is 0 Å². The van der Waals surface area contributed by atoms with Crippen LogP contribution in [-0.2, 0) is 16.2 Å². The number of rotatable bonds is 18. The van der Waals surface area contributed by atoms with Gasteiger partial charge in [0, 0.05) is 59.3 Å². The molecule has 0 atom stereocenters. The lowest BCUT2D eigenvalue weighted by atomic mass is 9.69. The second-order valence-corrected chi connectivity index (χ2v) is 35.1. The molecule has 115 heavy (non-hydrogen) atoms. The maximum Gasteiger partial charge on any atom is 0.136 e. The van der Waals surface area contributed by atoms with Crippen LogP contribution in [0.4, 0.5) is 0 Å². The molecule has 0 unspecified atom stereocenters. The molecule has 0 bridgehead atoms. The zero-order valence-electron chi connectivity index (χ0n) is 66.4. The first-order valence-electron chi connectivity index (χ1n) is 42.5. The Balaban J connectivity index is 0.624. The quantitative estimate of drug-likeness (QED) is 0.0804. The highest BCUT2D eigenvalue weighted by molar-refractivity contribution is 6.17. The predicted octanol–water partition coefficient (Wildman–Crippen LogP) is 32.9. The standard InChI is InChI=1S/C111H90O4/c1-7-9-11-13-15-25-47-111(48-26-16-14-12-10-8-2)95-63-91-93(109(3,4)97-59-83(75-31-21-23-33-81(75)107(91)97)73-39-45-99-87(51-73)77-41-35-69(55-101(77)112-99)71-37-43-79-89-49-65-27-17-19-29-67(65)53-105(89)114-103(79)57-71)61-85(95)86-62-94-92(64-96(86)111)108-82-34-24-22-32-76(82)84(60-98(108)110(94,5)6)74-40-46-100-88(52-74)78-42-36-70(56-102(78)113-100)72-38-44-80-90-50-66-28-18-20-30-68(66)54-106(90)115-104(80)58-72/h17-24,27-46,49-64H,7-16,25-26,47-48H2,1-6H3. The summed E-state index contributed by atoms with van der Waals surface area (Å²) in [6.07, 6.45) is 17.5. The molecular formula is C111H90O4. The van der Waals surface area contributed by atoms with Crippen molar-refractivity contribution in [3.8, 4) is 77.9 Å². The number of fused-ring (bicyclic) bond motifs is 27. The maximum absolute atomic E-state index is 6.81. The zero-order chi connectivity index (χ0) is 76.7. The van der Waals surface area contributed by atoms with E-state index in [2.05, 4.69) is 308 Å². The molecule has 0 aliphatic heterocycles. The minimum Gasteiger partial charge on any atom is -0.456 e. The normalized spacial score (nSPS) is 14.3. The molecule has 0 N–H and O–H groups in total. The first-order valence-corrected chi connectivity index (χ1v) is 42.5. The molecule has 3 aliphatic rings. The summed E-state index contributed by atoms with van der Waals surface area (Å²) >= 11 is 0. The topological polar surface area (TPSA) is 52.6 Å². The van der Waals surface area contributed by atoms with Gasteiger partial charge in [0.15, 0.2) is 0 Å². The monoisotopic (exact) mass is 1490 g/mol. The molecule has 20 aromatic rings. The molecular weight excluding hydrogens is 1400 g/mol. The molecule has 4 heteroatoms. The summed E-state index contributed by atoms with van der Waals surface area (Å²) in [5, 5.41) is 19.0. The van der Waals surface area contributed by atoms with Gasteiger partial charge in [0.1, 0.15) is 44.7 Å². The number of benzene rings is 16. The molecule has 558 valence electrons. The summed E-state index contributed by atoms with van der Waals surface area (Å²) in [4.78, 5) is 0. The fourth-order valence-electron chi connectivity index (χ4n) is 21.7. The van der Waals surface area contributed by atoms with Gasteiger partial charge in [0.25, 0.3) is 0 Å². The highest BCUT2D eigenvalue weighted by Gasteiger charge is 2.49.